The molecule has 1 aliphatic carbocycles. The van der Waals surface area contributed by atoms with E-state index in [1.54, 1.807) is 0 Å². The molecular weight excluding hydrogens is 282 g/mol. The highest BCUT2D eigenvalue weighted by atomic mass is 35.5. The summed E-state index contributed by atoms with van der Waals surface area (Å²) in [6.45, 7) is 3.11. The minimum atomic E-state index is 0.719. The van der Waals surface area contributed by atoms with Crippen molar-refractivity contribution in [2.24, 2.45) is 0 Å². The van der Waals surface area contributed by atoms with Gasteiger partial charge in [-0.25, -0.2) is 9.97 Å². The molecular formula is C17H20ClN3. The van der Waals surface area contributed by atoms with E-state index in [-0.39, 0.29) is 0 Å². The van der Waals surface area contributed by atoms with Gasteiger partial charge in [-0.3, -0.25) is 0 Å². The minimum Gasteiger partial charge on any atom is -0.370 e. The number of aryl methyl sites for hydroxylation is 1. The van der Waals surface area contributed by atoms with Crippen LogP contribution in [0.4, 0.5) is 5.82 Å². The number of nitrogens with zero attached hydrogens (tertiary/aromatic N) is 2. The van der Waals surface area contributed by atoms with Gasteiger partial charge in [-0.2, -0.15) is 0 Å². The molecule has 1 heterocycles. The molecule has 1 N–H and O–H groups in total. The largest absolute Gasteiger partial charge is 0.370 e. The Morgan fingerprint density at radius 3 is 2.86 bits per heavy atom. The summed E-state index contributed by atoms with van der Waals surface area (Å²) >= 11 is 6.09. The van der Waals surface area contributed by atoms with E-state index < -0.39 is 0 Å². The molecule has 110 valence electrons. The maximum absolute atomic E-state index is 6.09. The molecule has 3 nitrogen and oxygen atoms in total. The number of anilines is 1. The summed E-state index contributed by atoms with van der Waals surface area (Å²) in [7, 11) is 0. The summed E-state index contributed by atoms with van der Waals surface area (Å²) in [5.74, 6) is 1.79. The summed E-state index contributed by atoms with van der Waals surface area (Å²) in [6, 6.07) is 7.76. The van der Waals surface area contributed by atoms with E-state index in [1.807, 2.05) is 24.3 Å². The molecule has 0 atom stereocenters. The Labute approximate surface area is 130 Å². The average Bonchev–Trinajstić information content (AvgIpc) is 2.52. The van der Waals surface area contributed by atoms with Gasteiger partial charge in [-0.1, -0.05) is 30.7 Å². The number of nitrogens with one attached hydrogen (secondary N) is 1. The lowest BCUT2D eigenvalue weighted by Crippen LogP contribution is -2.14. The molecule has 0 saturated heterocycles. The standard InChI is InChI=1S/C17H20ClN3/c1-2-10-19-17-14-8-3-4-9-15(14)20-16(21-17)12-6-5-7-13(18)11-12/h5-7,11H,2-4,8-10H2,1H3,(H,19,20,21). The lowest BCUT2D eigenvalue weighted by Gasteiger charge is -2.19. The average molecular weight is 302 g/mol. The minimum absolute atomic E-state index is 0.719. The Kier molecular flexibility index (Phi) is 4.39. The van der Waals surface area contributed by atoms with E-state index in [0.29, 0.717) is 0 Å². The van der Waals surface area contributed by atoms with Gasteiger partial charge < -0.3 is 5.32 Å². The zero-order valence-corrected chi connectivity index (χ0v) is 13.1. The summed E-state index contributed by atoms with van der Waals surface area (Å²) in [5.41, 5.74) is 3.49. The third kappa shape index (κ3) is 3.18. The smallest absolute Gasteiger partial charge is 0.161 e. The third-order valence-corrected chi connectivity index (χ3v) is 4.04. The van der Waals surface area contributed by atoms with Gasteiger partial charge in [-0.05, 0) is 44.2 Å². The molecule has 0 spiro atoms. The van der Waals surface area contributed by atoms with Crippen molar-refractivity contribution in [2.45, 2.75) is 39.0 Å². The van der Waals surface area contributed by atoms with Gasteiger partial charge in [0.15, 0.2) is 5.82 Å². The first-order chi connectivity index (χ1) is 10.3. The molecule has 1 aromatic heterocycles. The van der Waals surface area contributed by atoms with E-state index in [1.165, 1.54) is 24.1 Å². The van der Waals surface area contributed by atoms with Crippen LogP contribution in [0.3, 0.4) is 0 Å². The van der Waals surface area contributed by atoms with Gasteiger partial charge in [-0.15, -0.1) is 0 Å². The quantitative estimate of drug-likeness (QED) is 0.903. The molecule has 0 fully saturated rings. The Morgan fingerprint density at radius 2 is 2.05 bits per heavy atom. The Hall–Kier alpha value is -1.61. The molecule has 2 aromatic rings. The van der Waals surface area contributed by atoms with Crippen LogP contribution in [0, 0.1) is 0 Å². The predicted molar refractivity (Wildman–Crippen MR) is 87.9 cm³/mol. The number of hydrogen-bond donors (Lipinski definition) is 1. The first-order valence-electron chi connectivity index (χ1n) is 7.67. The van der Waals surface area contributed by atoms with Crippen molar-refractivity contribution in [3.05, 3.63) is 40.5 Å². The van der Waals surface area contributed by atoms with E-state index in [4.69, 9.17) is 21.6 Å². The van der Waals surface area contributed by atoms with Gasteiger partial charge in [0.25, 0.3) is 0 Å². The number of benzene rings is 1. The van der Waals surface area contributed by atoms with E-state index in [9.17, 15) is 0 Å². The zero-order chi connectivity index (χ0) is 14.7. The zero-order valence-electron chi connectivity index (χ0n) is 12.3. The molecule has 1 aromatic carbocycles. The van der Waals surface area contributed by atoms with Gasteiger partial charge in [0.05, 0.1) is 0 Å². The molecule has 21 heavy (non-hydrogen) atoms. The van der Waals surface area contributed by atoms with Crippen LogP contribution in [0.15, 0.2) is 24.3 Å². The highest BCUT2D eigenvalue weighted by Crippen LogP contribution is 2.29. The lowest BCUT2D eigenvalue weighted by molar-refractivity contribution is 0.664. The first kappa shape index (κ1) is 14.3. The fraction of sp³-hybridized carbons (Fsp3) is 0.412. The molecule has 0 radical (unpaired) electrons. The van der Waals surface area contributed by atoms with Crippen LogP contribution < -0.4 is 5.32 Å². The van der Waals surface area contributed by atoms with Crippen molar-refractivity contribution in [2.75, 3.05) is 11.9 Å². The Bertz CT molecular complexity index is 640. The first-order valence-corrected chi connectivity index (χ1v) is 8.05. The van der Waals surface area contributed by atoms with Gasteiger partial charge >= 0.3 is 0 Å². The normalized spacial score (nSPS) is 13.8. The van der Waals surface area contributed by atoms with Gasteiger partial charge in [0, 0.05) is 28.4 Å². The highest BCUT2D eigenvalue weighted by Gasteiger charge is 2.18. The Morgan fingerprint density at radius 1 is 1.19 bits per heavy atom. The number of aromatic nitrogens is 2. The summed E-state index contributed by atoms with van der Waals surface area (Å²) in [5, 5.41) is 4.18. The van der Waals surface area contributed by atoms with E-state index in [2.05, 4.69) is 12.2 Å². The maximum atomic E-state index is 6.09. The lowest BCUT2D eigenvalue weighted by atomic mass is 9.96. The second-order valence-corrected chi connectivity index (χ2v) is 5.90. The van der Waals surface area contributed by atoms with Crippen molar-refractivity contribution < 1.29 is 0 Å². The molecule has 0 saturated carbocycles. The van der Waals surface area contributed by atoms with Crippen LogP contribution in [-0.2, 0) is 12.8 Å². The van der Waals surface area contributed by atoms with Crippen LogP contribution in [-0.4, -0.2) is 16.5 Å². The molecule has 0 aliphatic heterocycles. The van der Waals surface area contributed by atoms with Gasteiger partial charge in [0.2, 0.25) is 0 Å². The molecule has 3 rings (SSSR count). The van der Waals surface area contributed by atoms with Crippen LogP contribution in [0.2, 0.25) is 5.02 Å². The monoisotopic (exact) mass is 301 g/mol. The van der Waals surface area contributed by atoms with Crippen LogP contribution >= 0.6 is 11.6 Å². The van der Waals surface area contributed by atoms with E-state index >= 15 is 0 Å². The van der Waals surface area contributed by atoms with Crippen molar-refractivity contribution in [3.8, 4) is 11.4 Å². The molecule has 0 bridgehead atoms. The second-order valence-electron chi connectivity index (χ2n) is 5.47. The number of hydrogen-bond acceptors (Lipinski definition) is 3. The summed E-state index contributed by atoms with van der Waals surface area (Å²) < 4.78 is 0. The fourth-order valence-corrected chi connectivity index (χ4v) is 2.93. The topological polar surface area (TPSA) is 37.8 Å². The van der Waals surface area contributed by atoms with Crippen LogP contribution in [0.25, 0.3) is 11.4 Å². The fourth-order valence-electron chi connectivity index (χ4n) is 2.74. The number of rotatable bonds is 4. The van der Waals surface area contributed by atoms with Crippen molar-refractivity contribution in [3.63, 3.8) is 0 Å². The summed E-state index contributed by atoms with van der Waals surface area (Å²) in [4.78, 5) is 9.54. The van der Waals surface area contributed by atoms with Crippen molar-refractivity contribution >= 4 is 17.4 Å². The SMILES string of the molecule is CCCNc1nc(-c2cccc(Cl)c2)nc2c1CCCC2. The molecule has 4 heteroatoms. The Balaban J connectivity index is 2.05. The maximum Gasteiger partial charge on any atom is 0.161 e. The van der Waals surface area contributed by atoms with Crippen molar-refractivity contribution in [1.82, 2.24) is 9.97 Å². The third-order valence-electron chi connectivity index (χ3n) is 3.81. The second kappa shape index (κ2) is 6.44. The van der Waals surface area contributed by atoms with Crippen LogP contribution in [0.1, 0.15) is 37.4 Å². The molecule has 1 aliphatic rings. The number of halogens is 1. The molecule has 0 amide bonds. The summed E-state index contributed by atoms with van der Waals surface area (Å²) in [6.07, 6.45) is 5.66. The molecule has 0 unspecified atom stereocenters. The van der Waals surface area contributed by atoms with E-state index in [0.717, 1.165) is 48.0 Å². The predicted octanol–water partition coefficient (Wildman–Crippen LogP) is 4.50. The van der Waals surface area contributed by atoms with Crippen LogP contribution in [0.5, 0.6) is 0 Å². The van der Waals surface area contributed by atoms with Crippen molar-refractivity contribution in [1.29, 1.82) is 0 Å². The highest BCUT2D eigenvalue weighted by molar-refractivity contribution is 6.30. The van der Waals surface area contributed by atoms with Gasteiger partial charge in [0.1, 0.15) is 5.82 Å². The number of fused-ring (bicyclic) bond motifs is 1.